The van der Waals surface area contributed by atoms with E-state index < -0.39 is 0 Å². The summed E-state index contributed by atoms with van der Waals surface area (Å²) in [6, 6.07) is 8.20. The van der Waals surface area contributed by atoms with Gasteiger partial charge in [0.15, 0.2) is 6.61 Å². The van der Waals surface area contributed by atoms with Crippen LogP contribution in [0.5, 0.6) is 5.75 Å². The molecule has 1 aromatic carbocycles. The highest BCUT2D eigenvalue weighted by Crippen LogP contribution is 2.27. The highest BCUT2D eigenvalue weighted by atomic mass is 79.9. The van der Waals surface area contributed by atoms with Crippen molar-refractivity contribution < 1.29 is 9.53 Å². The molecule has 0 fully saturated rings. The minimum absolute atomic E-state index is 0.109. The number of carbonyl (C=O) groups excluding carboxylic acids is 1. The molecule has 0 unspecified atom stereocenters. The van der Waals surface area contributed by atoms with E-state index in [1.165, 1.54) is 7.05 Å². The Morgan fingerprint density at radius 3 is 2.75 bits per heavy atom. The second kappa shape index (κ2) is 7.77. The van der Waals surface area contributed by atoms with E-state index in [0.29, 0.717) is 15.9 Å². The first-order valence-electron chi connectivity index (χ1n) is 5.37. The van der Waals surface area contributed by atoms with Crippen LogP contribution >= 0.6 is 15.9 Å². The number of hydrogen-bond donors (Lipinski definition) is 2. The Labute approximate surface area is 124 Å². The van der Waals surface area contributed by atoms with Crippen LogP contribution in [0.4, 0.5) is 5.69 Å². The number of nitriles is 2. The predicted octanol–water partition coefficient (Wildman–Crippen LogP) is 1.39. The van der Waals surface area contributed by atoms with E-state index in [0.717, 1.165) is 0 Å². The molecule has 0 aromatic heterocycles. The lowest BCUT2D eigenvalue weighted by Crippen LogP contribution is -2.24. The molecule has 0 bridgehead atoms. The second-order valence-electron chi connectivity index (χ2n) is 3.40. The van der Waals surface area contributed by atoms with E-state index in [1.54, 1.807) is 30.3 Å². The first-order chi connectivity index (χ1) is 9.60. The summed E-state index contributed by atoms with van der Waals surface area (Å²) in [6.07, 6.45) is 0. The molecule has 0 saturated carbocycles. The van der Waals surface area contributed by atoms with Crippen molar-refractivity contribution in [2.75, 3.05) is 19.1 Å². The average molecular weight is 336 g/mol. The summed E-state index contributed by atoms with van der Waals surface area (Å²) < 4.78 is 5.93. The topological polar surface area (TPSA) is 110 Å². The van der Waals surface area contributed by atoms with Crippen molar-refractivity contribution in [3.05, 3.63) is 22.7 Å². The number of hydrazone groups is 1. The number of nitrogens with zero attached hydrogens (tertiary/aromatic N) is 3. The molecule has 0 aliphatic carbocycles. The Kier molecular flexibility index (Phi) is 6.01. The zero-order valence-electron chi connectivity index (χ0n) is 10.5. The fourth-order valence-electron chi connectivity index (χ4n) is 1.09. The standard InChI is InChI=1S/C12H10BrN5O2/c1-16-12(19)7-20-9-2-3-10(13)11(4-9)18-17-8(5-14)6-15/h2-4,18H,7H2,1H3,(H,16,19). The Balaban J connectivity index is 2.82. The summed E-state index contributed by atoms with van der Waals surface area (Å²) in [5.74, 6) is 0.196. The Bertz CT molecular complexity index is 599. The quantitative estimate of drug-likeness (QED) is 0.624. The molecule has 0 radical (unpaired) electrons. The van der Waals surface area contributed by atoms with Gasteiger partial charge in [0.25, 0.3) is 5.91 Å². The van der Waals surface area contributed by atoms with Crippen molar-refractivity contribution in [2.24, 2.45) is 5.10 Å². The molecule has 0 aliphatic heterocycles. The van der Waals surface area contributed by atoms with E-state index in [-0.39, 0.29) is 18.2 Å². The summed E-state index contributed by atoms with van der Waals surface area (Å²) in [5.41, 5.74) is 2.78. The van der Waals surface area contributed by atoms with Crippen molar-refractivity contribution in [3.63, 3.8) is 0 Å². The third-order valence-electron chi connectivity index (χ3n) is 2.09. The smallest absolute Gasteiger partial charge is 0.257 e. The van der Waals surface area contributed by atoms with Crippen LogP contribution in [0.2, 0.25) is 0 Å². The molecule has 2 N–H and O–H groups in total. The van der Waals surface area contributed by atoms with Crippen LogP contribution in [0.1, 0.15) is 0 Å². The second-order valence-corrected chi connectivity index (χ2v) is 4.25. The van der Waals surface area contributed by atoms with Gasteiger partial charge in [-0.25, -0.2) is 0 Å². The normalized spacial score (nSPS) is 8.80. The maximum atomic E-state index is 11.1. The summed E-state index contributed by atoms with van der Waals surface area (Å²) in [6.45, 7) is -0.109. The molecule has 0 atom stereocenters. The van der Waals surface area contributed by atoms with Gasteiger partial charge in [0, 0.05) is 17.6 Å². The van der Waals surface area contributed by atoms with Crippen LogP contribution in [0, 0.1) is 22.7 Å². The summed E-state index contributed by atoms with van der Waals surface area (Å²) in [7, 11) is 1.51. The van der Waals surface area contributed by atoms with Gasteiger partial charge in [-0.05, 0) is 28.1 Å². The SMILES string of the molecule is CNC(=O)COc1ccc(Br)c(NN=C(C#N)C#N)c1. The summed E-state index contributed by atoms with van der Waals surface area (Å²) in [5, 5.41) is 23.2. The van der Waals surface area contributed by atoms with Gasteiger partial charge in [-0.3, -0.25) is 10.2 Å². The van der Waals surface area contributed by atoms with Crippen LogP contribution in [-0.2, 0) is 4.79 Å². The molecule has 8 heteroatoms. The minimum Gasteiger partial charge on any atom is -0.484 e. The molecule has 20 heavy (non-hydrogen) atoms. The molecule has 1 amide bonds. The van der Waals surface area contributed by atoms with Gasteiger partial charge in [-0.1, -0.05) is 0 Å². The van der Waals surface area contributed by atoms with E-state index in [1.807, 2.05) is 0 Å². The van der Waals surface area contributed by atoms with Crippen molar-refractivity contribution in [2.45, 2.75) is 0 Å². The zero-order chi connectivity index (χ0) is 15.0. The Morgan fingerprint density at radius 2 is 2.15 bits per heavy atom. The fourth-order valence-corrected chi connectivity index (χ4v) is 1.43. The lowest BCUT2D eigenvalue weighted by molar-refractivity contribution is -0.122. The number of anilines is 1. The van der Waals surface area contributed by atoms with E-state index in [4.69, 9.17) is 15.3 Å². The van der Waals surface area contributed by atoms with Crippen molar-refractivity contribution in [3.8, 4) is 17.9 Å². The first kappa shape index (κ1) is 15.5. The van der Waals surface area contributed by atoms with Crippen molar-refractivity contribution in [1.82, 2.24) is 5.32 Å². The molecular formula is C12H10BrN5O2. The number of nitrogens with one attached hydrogen (secondary N) is 2. The Hall–Kier alpha value is -2.58. The lowest BCUT2D eigenvalue weighted by Gasteiger charge is -2.08. The molecule has 0 saturated heterocycles. The maximum absolute atomic E-state index is 11.1. The monoisotopic (exact) mass is 335 g/mol. The van der Waals surface area contributed by atoms with Crippen LogP contribution < -0.4 is 15.5 Å². The number of halogens is 1. The van der Waals surface area contributed by atoms with Gasteiger partial charge < -0.3 is 10.1 Å². The van der Waals surface area contributed by atoms with Gasteiger partial charge in [0.2, 0.25) is 5.71 Å². The highest BCUT2D eigenvalue weighted by Gasteiger charge is 2.05. The van der Waals surface area contributed by atoms with Crippen LogP contribution in [-0.4, -0.2) is 25.3 Å². The van der Waals surface area contributed by atoms with Gasteiger partial charge in [0.1, 0.15) is 17.9 Å². The third-order valence-corrected chi connectivity index (χ3v) is 2.78. The number of amides is 1. The fraction of sp³-hybridized carbons (Fsp3) is 0.167. The van der Waals surface area contributed by atoms with Crippen molar-refractivity contribution in [1.29, 1.82) is 10.5 Å². The number of ether oxygens (including phenoxy) is 1. The molecule has 7 nitrogen and oxygen atoms in total. The molecule has 0 aliphatic rings. The highest BCUT2D eigenvalue weighted by molar-refractivity contribution is 9.10. The van der Waals surface area contributed by atoms with Gasteiger partial charge in [-0.2, -0.15) is 15.6 Å². The Morgan fingerprint density at radius 1 is 1.45 bits per heavy atom. The zero-order valence-corrected chi connectivity index (χ0v) is 12.1. The number of hydrogen-bond acceptors (Lipinski definition) is 6. The summed E-state index contributed by atoms with van der Waals surface area (Å²) in [4.78, 5) is 11.1. The predicted molar refractivity (Wildman–Crippen MR) is 76.0 cm³/mol. The van der Waals surface area contributed by atoms with E-state index >= 15 is 0 Å². The van der Waals surface area contributed by atoms with Gasteiger partial charge in [-0.15, -0.1) is 0 Å². The van der Waals surface area contributed by atoms with Gasteiger partial charge in [0.05, 0.1) is 5.69 Å². The van der Waals surface area contributed by atoms with Crippen LogP contribution in [0.25, 0.3) is 0 Å². The molecule has 0 spiro atoms. The van der Waals surface area contributed by atoms with E-state index in [2.05, 4.69) is 31.8 Å². The number of rotatable bonds is 5. The van der Waals surface area contributed by atoms with Crippen LogP contribution in [0.3, 0.4) is 0 Å². The summed E-state index contributed by atoms with van der Waals surface area (Å²) >= 11 is 3.29. The number of benzene rings is 1. The minimum atomic E-state index is -0.298. The molecular weight excluding hydrogens is 326 g/mol. The lowest BCUT2D eigenvalue weighted by atomic mass is 10.3. The van der Waals surface area contributed by atoms with E-state index in [9.17, 15) is 4.79 Å². The number of likely N-dealkylation sites (N-methyl/N-ethyl adjacent to an activating group) is 1. The van der Waals surface area contributed by atoms with Crippen LogP contribution in [0.15, 0.2) is 27.8 Å². The maximum Gasteiger partial charge on any atom is 0.257 e. The molecule has 1 rings (SSSR count). The van der Waals surface area contributed by atoms with Crippen molar-refractivity contribution >= 4 is 33.2 Å². The third kappa shape index (κ3) is 4.59. The largest absolute Gasteiger partial charge is 0.484 e. The first-order valence-corrected chi connectivity index (χ1v) is 6.16. The molecule has 1 aromatic rings. The number of carbonyl (C=O) groups is 1. The average Bonchev–Trinajstić information content (AvgIpc) is 2.48. The molecule has 0 heterocycles. The van der Waals surface area contributed by atoms with Gasteiger partial charge >= 0.3 is 0 Å². The molecule has 102 valence electrons.